The highest BCUT2D eigenvalue weighted by atomic mass is 16.5. The Morgan fingerprint density at radius 3 is 2.48 bits per heavy atom. The molecule has 118 valence electrons. The second kappa shape index (κ2) is 9.09. The maximum absolute atomic E-state index is 5.74. The molecule has 0 heterocycles. The number of rotatable bonds is 8. The van der Waals surface area contributed by atoms with E-state index in [0.29, 0.717) is 6.04 Å². The van der Waals surface area contributed by atoms with Crippen LogP contribution in [0.15, 0.2) is 24.3 Å². The van der Waals surface area contributed by atoms with Crippen molar-refractivity contribution in [2.45, 2.75) is 64.3 Å². The van der Waals surface area contributed by atoms with Gasteiger partial charge in [-0.15, -0.1) is 0 Å². The average molecular weight is 289 g/mol. The van der Waals surface area contributed by atoms with Gasteiger partial charge in [-0.3, -0.25) is 0 Å². The molecule has 0 aliphatic heterocycles. The largest absolute Gasteiger partial charge is 0.494 e. The van der Waals surface area contributed by atoms with E-state index in [1.165, 1.54) is 50.5 Å². The van der Waals surface area contributed by atoms with Gasteiger partial charge in [0.2, 0.25) is 0 Å². The van der Waals surface area contributed by atoms with Crippen molar-refractivity contribution >= 4 is 0 Å². The molecule has 0 radical (unpaired) electrons. The molecule has 1 atom stereocenters. The van der Waals surface area contributed by atoms with Crippen molar-refractivity contribution in [3.63, 3.8) is 0 Å². The van der Waals surface area contributed by atoms with E-state index >= 15 is 0 Å². The van der Waals surface area contributed by atoms with Crippen molar-refractivity contribution in [1.82, 2.24) is 5.32 Å². The fourth-order valence-electron chi connectivity index (χ4n) is 3.31. The molecule has 1 aliphatic rings. The molecule has 2 nitrogen and oxygen atoms in total. The highest BCUT2D eigenvalue weighted by Gasteiger charge is 2.19. The predicted molar refractivity (Wildman–Crippen MR) is 89.8 cm³/mol. The number of hydrogen-bond acceptors (Lipinski definition) is 2. The van der Waals surface area contributed by atoms with Gasteiger partial charge in [-0.2, -0.15) is 0 Å². The van der Waals surface area contributed by atoms with E-state index in [1.807, 2.05) is 0 Å². The third-order valence-electron chi connectivity index (χ3n) is 4.69. The summed E-state index contributed by atoms with van der Waals surface area (Å²) in [7, 11) is 2.08. The summed E-state index contributed by atoms with van der Waals surface area (Å²) in [5.41, 5.74) is 1.39. The molecule has 0 spiro atoms. The first-order valence-corrected chi connectivity index (χ1v) is 8.73. The lowest BCUT2D eigenvalue weighted by molar-refractivity contribution is 0.303. The minimum atomic E-state index is 0.484. The molecule has 21 heavy (non-hydrogen) atoms. The SMILES string of the molecule is CCCCOc1ccc(C(CC2CCCCC2)NC)cc1. The summed E-state index contributed by atoms with van der Waals surface area (Å²) in [5.74, 6) is 1.90. The van der Waals surface area contributed by atoms with Gasteiger partial charge < -0.3 is 10.1 Å². The molecule has 1 N–H and O–H groups in total. The molecule has 0 saturated heterocycles. The number of hydrogen-bond donors (Lipinski definition) is 1. The van der Waals surface area contributed by atoms with Crippen LogP contribution in [0.25, 0.3) is 0 Å². The van der Waals surface area contributed by atoms with Crippen LogP contribution in [-0.4, -0.2) is 13.7 Å². The number of unbranched alkanes of at least 4 members (excludes halogenated alkanes) is 1. The third-order valence-corrected chi connectivity index (χ3v) is 4.69. The number of benzene rings is 1. The van der Waals surface area contributed by atoms with E-state index in [2.05, 4.69) is 43.6 Å². The van der Waals surface area contributed by atoms with Crippen LogP contribution >= 0.6 is 0 Å². The lowest BCUT2D eigenvalue weighted by Gasteiger charge is -2.26. The van der Waals surface area contributed by atoms with Gasteiger partial charge in [0.25, 0.3) is 0 Å². The average Bonchev–Trinajstić information content (AvgIpc) is 2.55. The molecule has 0 aromatic heterocycles. The Hall–Kier alpha value is -1.02. The monoisotopic (exact) mass is 289 g/mol. The minimum Gasteiger partial charge on any atom is -0.494 e. The Bertz CT molecular complexity index is 381. The van der Waals surface area contributed by atoms with E-state index in [0.717, 1.165) is 24.7 Å². The van der Waals surface area contributed by atoms with Crippen LogP contribution in [-0.2, 0) is 0 Å². The number of ether oxygens (including phenoxy) is 1. The van der Waals surface area contributed by atoms with Crippen molar-refractivity contribution < 1.29 is 4.74 Å². The van der Waals surface area contributed by atoms with E-state index < -0.39 is 0 Å². The first-order chi connectivity index (χ1) is 10.3. The molecule has 2 rings (SSSR count). The van der Waals surface area contributed by atoms with Crippen molar-refractivity contribution in [2.75, 3.05) is 13.7 Å². The van der Waals surface area contributed by atoms with Crippen LogP contribution in [0.3, 0.4) is 0 Å². The molecule has 1 aliphatic carbocycles. The molecular weight excluding hydrogens is 258 g/mol. The summed E-state index contributed by atoms with van der Waals surface area (Å²) in [6.07, 6.45) is 10.7. The Kier molecular flexibility index (Phi) is 7.08. The topological polar surface area (TPSA) is 21.3 Å². The summed E-state index contributed by atoms with van der Waals surface area (Å²) in [6, 6.07) is 9.18. The van der Waals surface area contributed by atoms with Crippen LogP contribution in [0.5, 0.6) is 5.75 Å². The van der Waals surface area contributed by atoms with Crippen LogP contribution in [0, 0.1) is 5.92 Å². The zero-order chi connectivity index (χ0) is 14.9. The lowest BCUT2D eigenvalue weighted by atomic mass is 9.83. The smallest absolute Gasteiger partial charge is 0.119 e. The molecule has 2 heteroatoms. The minimum absolute atomic E-state index is 0.484. The van der Waals surface area contributed by atoms with E-state index in [-0.39, 0.29) is 0 Å². The van der Waals surface area contributed by atoms with Gasteiger partial charge in [-0.1, -0.05) is 57.6 Å². The summed E-state index contributed by atoms with van der Waals surface area (Å²) < 4.78 is 5.74. The van der Waals surface area contributed by atoms with Crippen LogP contribution in [0.4, 0.5) is 0 Å². The molecule has 1 aromatic carbocycles. The molecule has 1 fully saturated rings. The fourth-order valence-corrected chi connectivity index (χ4v) is 3.31. The second-order valence-corrected chi connectivity index (χ2v) is 6.35. The maximum atomic E-state index is 5.74. The highest BCUT2D eigenvalue weighted by molar-refractivity contribution is 5.29. The predicted octanol–water partition coefficient (Wildman–Crippen LogP) is 5.10. The highest BCUT2D eigenvalue weighted by Crippen LogP contribution is 2.32. The van der Waals surface area contributed by atoms with E-state index in [4.69, 9.17) is 4.74 Å². The van der Waals surface area contributed by atoms with Crippen molar-refractivity contribution in [1.29, 1.82) is 0 Å². The van der Waals surface area contributed by atoms with Gasteiger partial charge in [0.05, 0.1) is 6.61 Å². The fraction of sp³-hybridized carbons (Fsp3) is 0.684. The van der Waals surface area contributed by atoms with Gasteiger partial charge in [0, 0.05) is 6.04 Å². The van der Waals surface area contributed by atoms with Gasteiger partial charge in [0.15, 0.2) is 0 Å². The van der Waals surface area contributed by atoms with Crippen LogP contribution in [0.1, 0.15) is 69.9 Å². The first kappa shape index (κ1) is 16.4. The standard InChI is InChI=1S/C19H31NO/c1-3-4-14-21-18-12-10-17(11-13-18)19(20-2)15-16-8-6-5-7-9-16/h10-13,16,19-20H,3-9,14-15H2,1-2H3. The Morgan fingerprint density at radius 1 is 1.14 bits per heavy atom. The molecule has 1 saturated carbocycles. The second-order valence-electron chi connectivity index (χ2n) is 6.35. The lowest BCUT2D eigenvalue weighted by Crippen LogP contribution is -2.21. The first-order valence-electron chi connectivity index (χ1n) is 8.73. The van der Waals surface area contributed by atoms with Gasteiger partial charge in [-0.05, 0) is 43.5 Å². The van der Waals surface area contributed by atoms with Crippen LogP contribution in [0.2, 0.25) is 0 Å². The molecule has 0 bridgehead atoms. The van der Waals surface area contributed by atoms with Crippen molar-refractivity contribution in [2.24, 2.45) is 5.92 Å². The Labute approximate surface area is 130 Å². The zero-order valence-electron chi connectivity index (χ0n) is 13.7. The summed E-state index contributed by atoms with van der Waals surface area (Å²) in [4.78, 5) is 0. The Balaban J connectivity index is 1.88. The van der Waals surface area contributed by atoms with E-state index in [1.54, 1.807) is 0 Å². The third kappa shape index (κ3) is 5.35. The maximum Gasteiger partial charge on any atom is 0.119 e. The molecule has 0 amide bonds. The quantitative estimate of drug-likeness (QED) is 0.672. The van der Waals surface area contributed by atoms with E-state index in [9.17, 15) is 0 Å². The summed E-state index contributed by atoms with van der Waals surface area (Å²) >= 11 is 0. The van der Waals surface area contributed by atoms with Crippen molar-refractivity contribution in [3.05, 3.63) is 29.8 Å². The van der Waals surface area contributed by atoms with Gasteiger partial charge in [-0.25, -0.2) is 0 Å². The molecule has 1 aromatic rings. The van der Waals surface area contributed by atoms with Crippen LogP contribution < -0.4 is 10.1 Å². The summed E-state index contributed by atoms with van der Waals surface area (Å²) in [6.45, 7) is 3.02. The zero-order valence-corrected chi connectivity index (χ0v) is 13.7. The Morgan fingerprint density at radius 2 is 1.86 bits per heavy atom. The molecule has 1 unspecified atom stereocenters. The van der Waals surface area contributed by atoms with Gasteiger partial charge >= 0.3 is 0 Å². The summed E-state index contributed by atoms with van der Waals surface area (Å²) in [5, 5.41) is 3.50. The van der Waals surface area contributed by atoms with Gasteiger partial charge in [0.1, 0.15) is 5.75 Å². The van der Waals surface area contributed by atoms with Crippen molar-refractivity contribution in [3.8, 4) is 5.75 Å². The number of nitrogens with one attached hydrogen (secondary N) is 1. The normalized spacial score (nSPS) is 17.6. The molecular formula is C19H31NO.